The van der Waals surface area contributed by atoms with E-state index in [9.17, 15) is 4.79 Å². The molecule has 4 heteroatoms. The Morgan fingerprint density at radius 3 is 2.80 bits per heavy atom. The van der Waals surface area contributed by atoms with Crippen molar-refractivity contribution in [3.8, 4) is 0 Å². The molecule has 0 aliphatic carbocycles. The summed E-state index contributed by atoms with van der Waals surface area (Å²) < 4.78 is 4.72. The number of carboxylic acids is 1. The third-order valence-electron chi connectivity index (χ3n) is 1.18. The van der Waals surface area contributed by atoms with Gasteiger partial charge in [-0.25, -0.2) is 0 Å². The lowest BCUT2D eigenvalue weighted by Crippen LogP contribution is -2.30. The Bertz CT molecular complexity index is 105. The van der Waals surface area contributed by atoms with E-state index >= 15 is 0 Å². The topological polar surface area (TPSA) is 72.5 Å². The predicted octanol–water partition coefficient (Wildman–Crippen LogP) is -0.175. The maximum absolute atomic E-state index is 10.1. The highest BCUT2D eigenvalue weighted by molar-refractivity contribution is 5.72. The van der Waals surface area contributed by atoms with Gasteiger partial charge in [0, 0.05) is 13.7 Å². The molecule has 0 aromatic carbocycles. The first kappa shape index (κ1) is 9.39. The molecule has 0 saturated carbocycles. The fourth-order valence-corrected chi connectivity index (χ4v) is 0.571. The SMILES string of the molecule is COCCC[C@@H](N)C(=O)O. The van der Waals surface area contributed by atoms with E-state index in [4.69, 9.17) is 15.6 Å². The normalized spacial score (nSPS) is 13.0. The van der Waals surface area contributed by atoms with Crippen molar-refractivity contribution in [3.63, 3.8) is 0 Å². The number of methoxy groups -OCH3 is 1. The number of aliphatic carboxylic acids is 1. The van der Waals surface area contributed by atoms with Crippen molar-refractivity contribution in [1.29, 1.82) is 0 Å². The fraction of sp³-hybridized carbons (Fsp3) is 0.833. The summed E-state index contributed by atoms with van der Waals surface area (Å²) in [4.78, 5) is 10.1. The Balaban J connectivity index is 3.21. The molecule has 3 N–H and O–H groups in total. The number of hydrogen-bond donors (Lipinski definition) is 2. The molecule has 0 radical (unpaired) electrons. The van der Waals surface area contributed by atoms with Crippen LogP contribution in [-0.2, 0) is 9.53 Å². The number of carboxylic acid groups (broad SMARTS) is 1. The van der Waals surface area contributed by atoms with Gasteiger partial charge in [0.1, 0.15) is 6.04 Å². The molecule has 0 rings (SSSR count). The third-order valence-corrected chi connectivity index (χ3v) is 1.18. The first-order chi connectivity index (χ1) is 4.68. The first-order valence-electron chi connectivity index (χ1n) is 3.15. The molecule has 0 aromatic heterocycles. The summed E-state index contributed by atoms with van der Waals surface area (Å²) in [6.45, 7) is 0.570. The molecule has 0 spiro atoms. The largest absolute Gasteiger partial charge is 0.480 e. The molecule has 60 valence electrons. The monoisotopic (exact) mass is 147 g/mol. The first-order valence-corrected chi connectivity index (χ1v) is 3.15. The van der Waals surface area contributed by atoms with Gasteiger partial charge in [0.2, 0.25) is 0 Å². The lowest BCUT2D eigenvalue weighted by atomic mass is 10.2. The van der Waals surface area contributed by atoms with E-state index in [1.807, 2.05) is 0 Å². The zero-order chi connectivity index (χ0) is 7.98. The van der Waals surface area contributed by atoms with Crippen LogP contribution in [-0.4, -0.2) is 30.8 Å². The maximum Gasteiger partial charge on any atom is 0.320 e. The van der Waals surface area contributed by atoms with E-state index in [0.29, 0.717) is 19.4 Å². The van der Waals surface area contributed by atoms with Crippen molar-refractivity contribution < 1.29 is 14.6 Å². The van der Waals surface area contributed by atoms with Gasteiger partial charge in [-0.15, -0.1) is 0 Å². The van der Waals surface area contributed by atoms with Crippen LogP contribution in [0.3, 0.4) is 0 Å². The predicted molar refractivity (Wildman–Crippen MR) is 36.7 cm³/mol. The van der Waals surface area contributed by atoms with Gasteiger partial charge >= 0.3 is 5.97 Å². The molecule has 10 heavy (non-hydrogen) atoms. The Labute approximate surface area is 60.0 Å². The molecule has 0 amide bonds. The van der Waals surface area contributed by atoms with Gasteiger partial charge in [-0.2, -0.15) is 0 Å². The quantitative estimate of drug-likeness (QED) is 0.529. The molecule has 0 bridgehead atoms. The standard InChI is InChI=1S/C6H13NO3/c1-10-4-2-3-5(7)6(8)9/h5H,2-4,7H2,1H3,(H,8,9)/t5-/m1/s1. The summed E-state index contributed by atoms with van der Waals surface area (Å²) in [5.41, 5.74) is 5.20. The van der Waals surface area contributed by atoms with Gasteiger partial charge in [0.25, 0.3) is 0 Å². The molecule has 4 nitrogen and oxygen atoms in total. The lowest BCUT2D eigenvalue weighted by Gasteiger charge is -2.03. The lowest BCUT2D eigenvalue weighted by molar-refractivity contribution is -0.138. The molecule has 0 saturated heterocycles. The molecule has 0 aliphatic rings. The van der Waals surface area contributed by atoms with E-state index in [0.717, 1.165) is 0 Å². The van der Waals surface area contributed by atoms with Crippen LogP contribution in [0.4, 0.5) is 0 Å². The van der Waals surface area contributed by atoms with Crippen molar-refractivity contribution in [2.45, 2.75) is 18.9 Å². The van der Waals surface area contributed by atoms with Gasteiger partial charge in [0.15, 0.2) is 0 Å². The number of nitrogens with two attached hydrogens (primary N) is 1. The highest BCUT2D eigenvalue weighted by atomic mass is 16.5. The summed E-state index contributed by atoms with van der Waals surface area (Å²) in [5.74, 6) is -0.948. The Kier molecular flexibility index (Phi) is 4.88. The molecule has 0 aromatic rings. The Morgan fingerprint density at radius 2 is 2.40 bits per heavy atom. The average molecular weight is 147 g/mol. The summed E-state index contributed by atoms with van der Waals surface area (Å²) in [7, 11) is 1.58. The van der Waals surface area contributed by atoms with Gasteiger partial charge < -0.3 is 15.6 Å². The highest BCUT2D eigenvalue weighted by Gasteiger charge is 2.09. The van der Waals surface area contributed by atoms with Crippen LogP contribution < -0.4 is 5.73 Å². The molecular formula is C6H13NO3. The van der Waals surface area contributed by atoms with Crippen LogP contribution >= 0.6 is 0 Å². The van der Waals surface area contributed by atoms with Gasteiger partial charge in [-0.05, 0) is 12.8 Å². The van der Waals surface area contributed by atoms with E-state index in [2.05, 4.69) is 0 Å². The molecular weight excluding hydrogens is 134 g/mol. The van der Waals surface area contributed by atoms with Crippen molar-refractivity contribution in [3.05, 3.63) is 0 Å². The number of ether oxygens (including phenoxy) is 1. The van der Waals surface area contributed by atoms with Gasteiger partial charge in [0.05, 0.1) is 0 Å². The number of rotatable bonds is 5. The van der Waals surface area contributed by atoms with Gasteiger partial charge in [-0.1, -0.05) is 0 Å². The smallest absolute Gasteiger partial charge is 0.320 e. The fourth-order valence-electron chi connectivity index (χ4n) is 0.571. The highest BCUT2D eigenvalue weighted by Crippen LogP contribution is 1.93. The van der Waals surface area contributed by atoms with Crippen molar-refractivity contribution in [1.82, 2.24) is 0 Å². The minimum absolute atomic E-state index is 0.475. The zero-order valence-corrected chi connectivity index (χ0v) is 6.04. The second-order valence-electron chi connectivity index (χ2n) is 2.08. The van der Waals surface area contributed by atoms with E-state index < -0.39 is 12.0 Å². The van der Waals surface area contributed by atoms with Crippen LogP contribution in [0.2, 0.25) is 0 Å². The van der Waals surface area contributed by atoms with Gasteiger partial charge in [-0.3, -0.25) is 4.79 Å². The molecule has 0 unspecified atom stereocenters. The molecule has 1 atom stereocenters. The second-order valence-corrected chi connectivity index (χ2v) is 2.08. The summed E-state index contributed by atoms with van der Waals surface area (Å²) in [6, 6.07) is -0.741. The van der Waals surface area contributed by atoms with Crippen LogP contribution in [0.15, 0.2) is 0 Å². The Hall–Kier alpha value is -0.610. The Morgan fingerprint density at radius 1 is 1.80 bits per heavy atom. The summed E-state index contributed by atoms with van der Waals surface area (Å²) >= 11 is 0. The van der Waals surface area contributed by atoms with Crippen molar-refractivity contribution >= 4 is 5.97 Å². The van der Waals surface area contributed by atoms with Crippen molar-refractivity contribution in [2.75, 3.05) is 13.7 Å². The summed E-state index contributed by atoms with van der Waals surface area (Å²) in [6.07, 6.45) is 1.17. The molecule has 0 fully saturated rings. The van der Waals surface area contributed by atoms with Crippen LogP contribution in [0.25, 0.3) is 0 Å². The van der Waals surface area contributed by atoms with Crippen LogP contribution in [0.1, 0.15) is 12.8 Å². The van der Waals surface area contributed by atoms with Crippen LogP contribution in [0.5, 0.6) is 0 Å². The second kappa shape index (κ2) is 5.20. The third kappa shape index (κ3) is 4.29. The van der Waals surface area contributed by atoms with E-state index in [1.54, 1.807) is 7.11 Å². The average Bonchev–Trinajstić information content (AvgIpc) is 1.88. The minimum atomic E-state index is -0.948. The van der Waals surface area contributed by atoms with E-state index in [1.165, 1.54) is 0 Å². The molecule has 0 heterocycles. The zero-order valence-electron chi connectivity index (χ0n) is 6.04. The van der Waals surface area contributed by atoms with Crippen LogP contribution in [0, 0.1) is 0 Å². The minimum Gasteiger partial charge on any atom is -0.480 e. The number of hydrogen-bond acceptors (Lipinski definition) is 3. The van der Waals surface area contributed by atoms with E-state index in [-0.39, 0.29) is 0 Å². The maximum atomic E-state index is 10.1. The van der Waals surface area contributed by atoms with Crippen molar-refractivity contribution in [2.24, 2.45) is 5.73 Å². The number of carbonyl (C=O) groups is 1. The molecule has 0 aliphatic heterocycles. The summed E-state index contributed by atoms with van der Waals surface area (Å²) in [5, 5.41) is 8.32.